The molecule has 3 fully saturated rings. The minimum atomic E-state index is -0.0251. The second-order valence-electron chi connectivity index (χ2n) is 5.85. The van der Waals surface area contributed by atoms with E-state index >= 15 is 0 Å². The number of fused-ring (bicyclic) bond motifs is 1. The second-order valence-corrected chi connectivity index (χ2v) is 5.85. The van der Waals surface area contributed by atoms with Crippen LogP contribution in [-0.4, -0.2) is 55.5 Å². The quantitative estimate of drug-likeness (QED) is 0.773. The van der Waals surface area contributed by atoms with E-state index in [1.165, 1.54) is 19.3 Å². The van der Waals surface area contributed by atoms with Crippen LogP contribution in [0.5, 0.6) is 0 Å². The molecule has 1 aliphatic carbocycles. The molecule has 0 spiro atoms. The van der Waals surface area contributed by atoms with Gasteiger partial charge in [-0.15, -0.1) is 0 Å². The fourth-order valence-corrected chi connectivity index (χ4v) is 3.54. The summed E-state index contributed by atoms with van der Waals surface area (Å²) in [6, 6.07) is 0.631. The average Bonchev–Trinajstić information content (AvgIpc) is 2.79. The molecular formula is C13H24N2O2. The van der Waals surface area contributed by atoms with Crippen molar-refractivity contribution in [2.45, 2.75) is 49.8 Å². The van der Waals surface area contributed by atoms with Gasteiger partial charge in [0.2, 0.25) is 0 Å². The van der Waals surface area contributed by atoms with Crippen molar-refractivity contribution in [3.05, 3.63) is 0 Å². The average molecular weight is 240 g/mol. The number of morpholine rings is 1. The van der Waals surface area contributed by atoms with E-state index < -0.39 is 0 Å². The van der Waals surface area contributed by atoms with E-state index in [2.05, 4.69) is 4.90 Å². The Balaban J connectivity index is 1.63. The van der Waals surface area contributed by atoms with Gasteiger partial charge in [0, 0.05) is 37.9 Å². The van der Waals surface area contributed by atoms with Gasteiger partial charge >= 0.3 is 0 Å². The van der Waals surface area contributed by atoms with Crippen LogP contribution in [0.15, 0.2) is 0 Å². The summed E-state index contributed by atoms with van der Waals surface area (Å²) < 4.78 is 11.3. The third-order valence-electron chi connectivity index (χ3n) is 4.60. The van der Waals surface area contributed by atoms with Crippen LogP contribution in [0, 0.1) is 0 Å². The Morgan fingerprint density at radius 3 is 2.82 bits per heavy atom. The van der Waals surface area contributed by atoms with E-state index in [0.29, 0.717) is 12.1 Å². The number of rotatable bonds is 2. The van der Waals surface area contributed by atoms with Crippen LogP contribution in [0.1, 0.15) is 32.1 Å². The summed E-state index contributed by atoms with van der Waals surface area (Å²) in [5.41, 5.74) is 6.49. The fraction of sp³-hybridized carbons (Fsp3) is 1.00. The van der Waals surface area contributed by atoms with Gasteiger partial charge in [-0.25, -0.2) is 0 Å². The van der Waals surface area contributed by atoms with Crippen LogP contribution in [0.4, 0.5) is 0 Å². The van der Waals surface area contributed by atoms with E-state index in [4.69, 9.17) is 15.2 Å². The third kappa shape index (κ3) is 2.50. The van der Waals surface area contributed by atoms with Crippen molar-refractivity contribution >= 4 is 0 Å². The standard InChI is InChI=1S/C13H24N2O2/c14-13(4-7-16-8-5-13)10-15-6-9-17-12-3-1-2-11(12)15/h11-12H,1-10,14H2. The third-order valence-corrected chi connectivity index (χ3v) is 4.60. The lowest BCUT2D eigenvalue weighted by molar-refractivity contribution is -0.0689. The number of nitrogens with zero attached hydrogens (tertiary/aromatic N) is 1. The van der Waals surface area contributed by atoms with Gasteiger partial charge in [0.25, 0.3) is 0 Å². The Labute approximate surface area is 103 Å². The topological polar surface area (TPSA) is 47.7 Å². The van der Waals surface area contributed by atoms with Crippen molar-refractivity contribution in [1.82, 2.24) is 4.90 Å². The predicted octanol–water partition coefficient (Wildman–Crippen LogP) is 0.748. The first kappa shape index (κ1) is 11.9. The van der Waals surface area contributed by atoms with Crippen molar-refractivity contribution in [3.8, 4) is 0 Å². The molecule has 1 saturated carbocycles. The molecule has 3 rings (SSSR count). The highest BCUT2D eigenvalue weighted by Crippen LogP contribution is 2.31. The maximum atomic E-state index is 6.51. The zero-order valence-corrected chi connectivity index (χ0v) is 10.6. The van der Waals surface area contributed by atoms with E-state index in [0.717, 1.165) is 45.8 Å². The molecule has 0 amide bonds. The normalized spacial score (nSPS) is 37.9. The number of hydrogen-bond acceptors (Lipinski definition) is 4. The molecule has 3 aliphatic rings. The van der Waals surface area contributed by atoms with Crippen molar-refractivity contribution in [2.24, 2.45) is 5.73 Å². The highest BCUT2D eigenvalue weighted by atomic mass is 16.5. The lowest BCUT2D eigenvalue weighted by Crippen LogP contribution is -2.59. The molecule has 0 aromatic carbocycles. The van der Waals surface area contributed by atoms with E-state index in [1.807, 2.05) is 0 Å². The summed E-state index contributed by atoms with van der Waals surface area (Å²) in [6.07, 6.45) is 6.32. The number of nitrogens with two attached hydrogens (primary N) is 1. The van der Waals surface area contributed by atoms with E-state index in [-0.39, 0.29) is 5.54 Å². The van der Waals surface area contributed by atoms with Gasteiger partial charge in [-0.3, -0.25) is 4.90 Å². The van der Waals surface area contributed by atoms with Gasteiger partial charge in [-0.2, -0.15) is 0 Å². The summed E-state index contributed by atoms with van der Waals surface area (Å²) >= 11 is 0. The lowest BCUT2D eigenvalue weighted by atomic mass is 9.89. The highest BCUT2D eigenvalue weighted by Gasteiger charge is 2.39. The summed E-state index contributed by atoms with van der Waals surface area (Å²) in [5.74, 6) is 0. The molecule has 0 aromatic heterocycles. The summed E-state index contributed by atoms with van der Waals surface area (Å²) in [6.45, 7) is 4.62. The Kier molecular flexibility index (Phi) is 3.39. The van der Waals surface area contributed by atoms with Crippen LogP contribution >= 0.6 is 0 Å². The van der Waals surface area contributed by atoms with Gasteiger partial charge in [0.05, 0.1) is 12.7 Å². The summed E-state index contributed by atoms with van der Waals surface area (Å²) in [5, 5.41) is 0. The first-order valence-corrected chi connectivity index (χ1v) is 6.99. The van der Waals surface area contributed by atoms with Crippen LogP contribution in [0.25, 0.3) is 0 Å². The van der Waals surface area contributed by atoms with Crippen molar-refractivity contribution in [3.63, 3.8) is 0 Å². The molecule has 2 atom stereocenters. The van der Waals surface area contributed by atoms with E-state index in [1.54, 1.807) is 0 Å². The van der Waals surface area contributed by atoms with Gasteiger partial charge in [-0.1, -0.05) is 0 Å². The largest absolute Gasteiger partial charge is 0.381 e. The van der Waals surface area contributed by atoms with Gasteiger partial charge in [0.1, 0.15) is 0 Å². The minimum Gasteiger partial charge on any atom is -0.381 e. The van der Waals surface area contributed by atoms with Gasteiger partial charge in [-0.05, 0) is 32.1 Å². The molecule has 2 N–H and O–H groups in total. The zero-order valence-electron chi connectivity index (χ0n) is 10.6. The first-order chi connectivity index (χ1) is 8.27. The first-order valence-electron chi connectivity index (χ1n) is 6.99. The molecule has 4 nitrogen and oxygen atoms in total. The van der Waals surface area contributed by atoms with Crippen molar-refractivity contribution in [2.75, 3.05) is 32.9 Å². The molecule has 0 bridgehead atoms. The smallest absolute Gasteiger partial charge is 0.0730 e. The van der Waals surface area contributed by atoms with Crippen LogP contribution in [-0.2, 0) is 9.47 Å². The number of ether oxygens (including phenoxy) is 2. The maximum absolute atomic E-state index is 6.51. The Morgan fingerprint density at radius 1 is 1.18 bits per heavy atom. The van der Waals surface area contributed by atoms with E-state index in [9.17, 15) is 0 Å². The maximum Gasteiger partial charge on any atom is 0.0730 e. The van der Waals surface area contributed by atoms with Gasteiger partial charge in [0.15, 0.2) is 0 Å². The molecule has 2 saturated heterocycles. The summed E-state index contributed by atoms with van der Waals surface area (Å²) in [4.78, 5) is 2.59. The number of hydrogen-bond donors (Lipinski definition) is 1. The molecule has 2 heterocycles. The Morgan fingerprint density at radius 2 is 2.00 bits per heavy atom. The zero-order chi connectivity index (χ0) is 11.7. The van der Waals surface area contributed by atoms with Crippen LogP contribution < -0.4 is 5.73 Å². The summed E-state index contributed by atoms with van der Waals surface area (Å²) in [7, 11) is 0. The predicted molar refractivity (Wildman–Crippen MR) is 65.9 cm³/mol. The molecule has 2 unspecified atom stereocenters. The SMILES string of the molecule is NC1(CN2CCOC3CCCC32)CCOCC1. The Bertz CT molecular complexity index is 266. The molecule has 0 radical (unpaired) electrons. The fourth-order valence-electron chi connectivity index (χ4n) is 3.54. The highest BCUT2D eigenvalue weighted by molar-refractivity contribution is 4.96. The monoisotopic (exact) mass is 240 g/mol. The molecule has 0 aromatic rings. The molecule has 2 aliphatic heterocycles. The second kappa shape index (κ2) is 4.84. The molecular weight excluding hydrogens is 216 g/mol. The molecule has 17 heavy (non-hydrogen) atoms. The van der Waals surface area contributed by atoms with Gasteiger partial charge < -0.3 is 15.2 Å². The van der Waals surface area contributed by atoms with Crippen molar-refractivity contribution in [1.29, 1.82) is 0 Å². The van der Waals surface area contributed by atoms with Crippen LogP contribution in [0.3, 0.4) is 0 Å². The van der Waals surface area contributed by atoms with Crippen molar-refractivity contribution < 1.29 is 9.47 Å². The lowest BCUT2D eigenvalue weighted by Gasteiger charge is -2.44. The molecule has 98 valence electrons. The minimum absolute atomic E-state index is 0.0251. The van der Waals surface area contributed by atoms with Crippen LogP contribution in [0.2, 0.25) is 0 Å². The Hall–Kier alpha value is -0.160. The molecule has 4 heteroatoms.